The van der Waals surface area contributed by atoms with Crippen molar-refractivity contribution in [2.45, 2.75) is 31.3 Å². The van der Waals surface area contributed by atoms with E-state index in [4.69, 9.17) is 9.47 Å². The normalized spacial score (nSPS) is 22.3. The lowest BCUT2D eigenvalue weighted by Crippen LogP contribution is -2.45. The zero-order chi connectivity index (χ0) is 22.3. The molecule has 164 valence electrons. The molecular weight excluding hydrogens is 424 g/mol. The summed E-state index contributed by atoms with van der Waals surface area (Å²) in [6, 6.07) is 10.3. The minimum Gasteiger partial charge on any atom is -0.486 e. The van der Waals surface area contributed by atoms with Gasteiger partial charge < -0.3 is 9.47 Å². The summed E-state index contributed by atoms with van der Waals surface area (Å²) in [5.41, 5.74) is 0.783. The van der Waals surface area contributed by atoms with Crippen LogP contribution in [-0.4, -0.2) is 38.6 Å². The lowest BCUT2D eigenvalue weighted by atomic mass is 10.1. The zero-order valence-corrected chi connectivity index (χ0v) is 17.9. The van der Waals surface area contributed by atoms with Crippen LogP contribution in [0.3, 0.4) is 0 Å². The molecule has 0 N–H and O–H groups in total. The topological polar surface area (TPSA) is 116 Å². The summed E-state index contributed by atoms with van der Waals surface area (Å²) in [4.78, 5) is 22.8. The molecule has 0 amide bonds. The molecule has 2 aliphatic rings. The summed E-state index contributed by atoms with van der Waals surface area (Å²) in [5.74, 6) is -0.614. The smallest absolute Gasteiger partial charge is 0.309 e. The first-order chi connectivity index (χ1) is 14.7. The van der Waals surface area contributed by atoms with Crippen molar-refractivity contribution in [3.05, 3.63) is 58.1 Å². The fraction of sp³-hybridized carbons (Fsp3) is 0.381. The van der Waals surface area contributed by atoms with Crippen molar-refractivity contribution in [1.29, 1.82) is 0 Å². The third-order valence-corrected chi connectivity index (χ3v) is 7.36. The van der Waals surface area contributed by atoms with Crippen LogP contribution in [0.2, 0.25) is 0 Å². The average Bonchev–Trinajstić information content (AvgIpc) is 3.54. The summed E-state index contributed by atoms with van der Waals surface area (Å²) in [6.07, 6.45) is -0.0203. The number of carbonyl (C=O) groups excluding carboxylic acids is 1. The SMILES string of the molecule is CCOC(=O)C1CC1C1CN(S(=O)(=O)c2ccc(C)cc2)c2cc([N+](=O)[O-])ccc2O1. The van der Waals surface area contributed by atoms with E-state index in [9.17, 15) is 23.3 Å². The summed E-state index contributed by atoms with van der Waals surface area (Å²) >= 11 is 0. The molecule has 1 saturated carbocycles. The van der Waals surface area contributed by atoms with E-state index in [2.05, 4.69) is 0 Å². The highest BCUT2D eigenvalue weighted by Crippen LogP contribution is 2.48. The molecule has 10 heteroatoms. The van der Waals surface area contributed by atoms with E-state index in [-0.39, 0.29) is 53.0 Å². The quantitative estimate of drug-likeness (QED) is 0.380. The summed E-state index contributed by atoms with van der Waals surface area (Å²) in [7, 11) is -4.01. The molecule has 31 heavy (non-hydrogen) atoms. The molecule has 3 atom stereocenters. The molecule has 9 nitrogen and oxygen atoms in total. The van der Waals surface area contributed by atoms with Gasteiger partial charge in [0.25, 0.3) is 15.7 Å². The summed E-state index contributed by atoms with van der Waals surface area (Å²) < 4.78 is 39.1. The van der Waals surface area contributed by atoms with Gasteiger partial charge in [-0.1, -0.05) is 17.7 Å². The van der Waals surface area contributed by atoms with E-state index in [1.54, 1.807) is 19.1 Å². The van der Waals surface area contributed by atoms with Crippen molar-refractivity contribution >= 4 is 27.4 Å². The van der Waals surface area contributed by atoms with Crippen molar-refractivity contribution in [2.75, 3.05) is 17.5 Å². The standard InChI is InChI=1S/C21H22N2O7S/c1-3-29-21(24)17-11-16(17)20-12-22(31(27,28)15-7-4-13(2)5-8-15)18-10-14(23(25)26)6-9-19(18)30-20/h4-10,16-17,20H,3,11-12H2,1-2H3. The van der Waals surface area contributed by atoms with E-state index in [0.717, 1.165) is 9.87 Å². The Morgan fingerprint density at radius 1 is 1.26 bits per heavy atom. The number of rotatable bonds is 6. The van der Waals surface area contributed by atoms with Crippen molar-refractivity contribution in [2.24, 2.45) is 11.8 Å². The first kappa shape index (κ1) is 21.1. The molecule has 1 aliphatic heterocycles. The highest BCUT2D eigenvalue weighted by atomic mass is 32.2. The van der Waals surface area contributed by atoms with Crippen LogP contribution >= 0.6 is 0 Å². The second-order valence-corrected chi connectivity index (χ2v) is 9.54. The van der Waals surface area contributed by atoms with Gasteiger partial charge in [0.2, 0.25) is 0 Å². The number of hydrogen-bond donors (Lipinski definition) is 0. The Labute approximate surface area is 179 Å². The number of anilines is 1. The monoisotopic (exact) mass is 446 g/mol. The molecule has 1 aliphatic carbocycles. The summed E-state index contributed by atoms with van der Waals surface area (Å²) in [5, 5.41) is 11.3. The highest BCUT2D eigenvalue weighted by molar-refractivity contribution is 7.92. The van der Waals surface area contributed by atoms with Crippen LogP contribution in [0.4, 0.5) is 11.4 Å². The van der Waals surface area contributed by atoms with E-state index in [1.807, 2.05) is 6.92 Å². The maximum atomic E-state index is 13.5. The van der Waals surface area contributed by atoms with Crippen LogP contribution in [0, 0.1) is 28.9 Å². The fourth-order valence-electron chi connectivity index (χ4n) is 3.81. The molecule has 0 radical (unpaired) electrons. The molecular formula is C21H22N2O7S. The van der Waals surface area contributed by atoms with Crippen LogP contribution in [0.5, 0.6) is 5.75 Å². The van der Waals surface area contributed by atoms with Gasteiger partial charge in [0.15, 0.2) is 0 Å². The van der Waals surface area contributed by atoms with Crippen molar-refractivity contribution < 1.29 is 27.6 Å². The molecule has 0 aromatic heterocycles. The minimum absolute atomic E-state index is 0.0506. The second kappa shape index (κ2) is 7.84. The number of esters is 1. The maximum absolute atomic E-state index is 13.5. The van der Waals surface area contributed by atoms with Crippen LogP contribution in [0.25, 0.3) is 0 Å². The number of carbonyl (C=O) groups is 1. The Balaban J connectivity index is 1.72. The van der Waals surface area contributed by atoms with Crippen LogP contribution < -0.4 is 9.04 Å². The summed E-state index contributed by atoms with van der Waals surface area (Å²) in [6.45, 7) is 3.80. The number of fused-ring (bicyclic) bond motifs is 1. The fourth-order valence-corrected chi connectivity index (χ4v) is 5.29. The predicted octanol–water partition coefficient (Wildman–Crippen LogP) is 3.06. The van der Waals surface area contributed by atoms with Gasteiger partial charge in [-0.15, -0.1) is 0 Å². The van der Waals surface area contributed by atoms with Crippen LogP contribution in [-0.2, 0) is 19.6 Å². The molecule has 1 fully saturated rings. The lowest BCUT2D eigenvalue weighted by molar-refractivity contribution is -0.384. The highest BCUT2D eigenvalue weighted by Gasteiger charge is 2.52. The molecule has 3 unspecified atom stereocenters. The molecule has 0 spiro atoms. The molecule has 0 saturated heterocycles. The van der Waals surface area contributed by atoms with Crippen LogP contribution in [0.15, 0.2) is 47.4 Å². The van der Waals surface area contributed by atoms with Gasteiger partial charge in [-0.3, -0.25) is 19.2 Å². The van der Waals surface area contributed by atoms with Crippen molar-refractivity contribution in [3.63, 3.8) is 0 Å². The maximum Gasteiger partial charge on any atom is 0.309 e. The van der Waals surface area contributed by atoms with E-state index in [1.165, 1.54) is 30.3 Å². The van der Waals surface area contributed by atoms with Gasteiger partial charge in [-0.25, -0.2) is 8.42 Å². The van der Waals surface area contributed by atoms with E-state index in [0.29, 0.717) is 6.42 Å². The number of non-ortho nitro benzene ring substituents is 1. The Bertz CT molecular complexity index is 1130. The Morgan fingerprint density at radius 2 is 1.97 bits per heavy atom. The van der Waals surface area contributed by atoms with Gasteiger partial charge in [0, 0.05) is 18.1 Å². The largest absolute Gasteiger partial charge is 0.486 e. The van der Waals surface area contributed by atoms with Gasteiger partial charge in [-0.05, 0) is 38.5 Å². The Kier molecular flexibility index (Phi) is 5.34. The van der Waals surface area contributed by atoms with Gasteiger partial charge in [0.1, 0.15) is 17.5 Å². The number of aryl methyl sites for hydroxylation is 1. The number of hydrogen-bond acceptors (Lipinski definition) is 7. The van der Waals surface area contributed by atoms with Crippen LogP contribution in [0.1, 0.15) is 18.9 Å². The molecule has 1 heterocycles. The third-order valence-electron chi connectivity index (χ3n) is 5.56. The van der Waals surface area contributed by atoms with E-state index >= 15 is 0 Å². The molecule has 4 rings (SSSR count). The second-order valence-electron chi connectivity index (χ2n) is 7.67. The number of sulfonamides is 1. The molecule has 2 aromatic rings. The lowest BCUT2D eigenvalue weighted by Gasteiger charge is -2.35. The molecule has 2 aromatic carbocycles. The number of ether oxygens (including phenoxy) is 2. The molecule has 0 bridgehead atoms. The average molecular weight is 446 g/mol. The predicted molar refractivity (Wildman–Crippen MR) is 111 cm³/mol. The van der Waals surface area contributed by atoms with Gasteiger partial charge in [0.05, 0.1) is 28.9 Å². The number of nitrogens with zero attached hydrogens (tertiary/aromatic N) is 2. The van der Waals surface area contributed by atoms with E-state index < -0.39 is 21.1 Å². The van der Waals surface area contributed by atoms with Crippen molar-refractivity contribution in [3.8, 4) is 5.75 Å². The van der Waals surface area contributed by atoms with Crippen molar-refractivity contribution in [1.82, 2.24) is 0 Å². The van der Waals surface area contributed by atoms with Gasteiger partial charge in [-0.2, -0.15) is 0 Å². The number of nitro benzene ring substituents is 1. The minimum atomic E-state index is -4.01. The third kappa shape index (κ3) is 3.95. The van der Waals surface area contributed by atoms with Gasteiger partial charge >= 0.3 is 5.97 Å². The number of nitro groups is 1. The zero-order valence-electron chi connectivity index (χ0n) is 17.1. The Morgan fingerprint density at radius 3 is 2.61 bits per heavy atom. The first-order valence-electron chi connectivity index (χ1n) is 9.93. The first-order valence-corrected chi connectivity index (χ1v) is 11.4. The number of benzene rings is 2. The Hall–Kier alpha value is -3.14.